The van der Waals surface area contributed by atoms with Crippen LogP contribution in [0.15, 0.2) is 48.5 Å². The first-order valence-electron chi connectivity index (χ1n) is 6.54. The molecule has 0 amide bonds. The summed E-state index contributed by atoms with van der Waals surface area (Å²) in [6.45, 7) is 1.17. The van der Waals surface area contributed by atoms with E-state index in [-0.39, 0.29) is 0 Å². The highest BCUT2D eigenvalue weighted by molar-refractivity contribution is 5.56. The first kappa shape index (κ1) is 14.1. The second-order valence-corrected chi connectivity index (χ2v) is 4.27. The van der Waals surface area contributed by atoms with E-state index >= 15 is 0 Å². The summed E-state index contributed by atoms with van der Waals surface area (Å²) in [5, 5.41) is 0. The third-order valence-corrected chi connectivity index (χ3v) is 2.78. The molecule has 0 saturated heterocycles. The predicted molar refractivity (Wildman–Crippen MR) is 79.5 cm³/mol. The lowest BCUT2D eigenvalue weighted by Gasteiger charge is -2.10. The fraction of sp³-hybridized carbons (Fsp3) is 0.250. The molecule has 2 rings (SSSR count). The largest absolute Gasteiger partial charge is 0.497 e. The summed E-state index contributed by atoms with van der Waals surface area (Å²) < 4.78 is 16.3. The summed E-state index contributed by atoms with van der Waals surface area (Å²) in [6, 6.07) is 15.1. The first-order valence-corrected chi connectivity index (χ1v) is 6.54. The van der Waals surface area contributed by atoms with Crippen LogP contribution in [0.1, 0.15) is 6.42 Å². The molecule has 0 saturated carbocycles. The van der Waals surface area contributed by atoms with E-state index in [0.29, 0.717) is 24.7 Å². The van der Waals surface area contributed by atoms with Gasteiger partial charge in [0.15, 0.2) is 0 Å². The Kier molecular flexibility index (Phi) is 5.12. The normalized spacial score (nSPS) is 10.1. The highest BCUT2D eigenvalue weighted by Gasteiger charge is 2.02. The zero-order valence-electron chi connectivity index (χ0n) is 11.5. The van der Waals surface area contributed by atoms with Crippen molar-refractivity contribution in [3.05, 3.63) is 48.5 Å². The second kappa shape index (κ2) is 7.28. The summed E-state index contributed by atoms with van der Waals surface area (Å²) in [7, 11) is 1.61. The number of hydrogen-bond donors (Lipinski definition) is 1. The van der Waals surface area contributed by atoms with Crippen LogP contribution in [0.3, 0.4) is 0 Å². The van der Waals surface area contributed by atoms with Crippen LogP contribution < -0.4 is 19.9 Å². The van der Waals surface area contributed by atoms with Crippen LogP contribution in [-0.4, -0.2) is 20.3 Å². The molecule has 20 heavy (non-hydrogen) atoms. The summed E-state index contributed by atoms with van der Waals surface area (Å²) in [5.74, 6) is 2.27. The lowest BCUT2D eigenvalue weighted by Crippen LogP contribution is -2.06. The van der Waals surface area contributed by atoms with Gasteiger partial charge in [-0.1, -0.05) is 18.2 Å². The molecular formula is C16H19NO3. The molecule has 0 spiro atoms. The zero-order valence-corrected chi connectivity index (χ0v) is 11.5. The Morgan fingerprint density at radius 1 is 0.900 bits per heavy atom. The van der Waals surface area contributed by atoms with Gasteiger partial charge in [-0.25, -0.2) is 0 Å². The third-order valence-electron chi connectivity index (χ3n) is 2.78. The molecule has 2 N–H and O–H groups in total. The number of benzene rings is 2. The first-order chi connectivity index (χ1) is 9.79. The van der Waals surface area contributed by atoms with Crippen LogP contribution in [0.5, 0.6) is 17.2 Å². The molecule has 0 heterocycles. The van der Waals surface area contributed by atoms with E-state index in [0.717, 1.165) is 17.9 Å². The van der Waals surface area contributed by atoms with Crippen molar-refractivity contribution >= 4 is 5.69 Å². The van der Waals surface area contributed by atoms with E-state index in [1.807, 2.05) is 42.5 Å². The van der Waals surface area contributed by atoms with E-state index < -0.39 is 0 Å². The van der Waals surface area contributed by atoms with Gasteiger partial charge < -0.3 is 19.9 Å². The maximum atomic E-state index is 5.87. The Bertz CT molecular complexity index is 529. The van der Waals surface area contributed by atoms with Gasteiger partial charge >= 0.3 is 0 Å². The van der Waals surface area contributed by atoms with Gasteiger partial charge in [0.05, 0.1) is 26.0 Å². The number of anilines is 1. The Hall–Kier alpha value is -2.36. The third kappa shape index (κ3) is 4.09. The van der Waals surface area contributed by atoms with E-state index in [9.17, 15) is 0 Å². The van der Waals surface area contributed by atoms with Gasteiger partial charge in [0.2, 0.25) is 0 Å². The summed E-state index contributed by atoms with van der Waals surface area (Å²) in [4.78, 5) is 0. The van der Waals surface area contributed by atoms with Gasteiger partial charge in [0.25, 0.3) is 0 Å². The smallest absolute Gasteiger partial charge is 0.142 e. The maximum Gasteiger partial charge on any atom is 0.142 e. The Morgan fingerprint density at radius 3 is 2.35 bits per heavy atom. The minimum Gasteiger partial charge on any atom is -0.497 e. The topological polar surface area (TPSA) is 53.7 Å². The molecule has 0 unspecified atom stereocenters. The number of nitrogens with two attached hydrogens (primary N) is 1. The quantitative estimate of drug-likeness (QED) is 0.622. The molecule has 0 aliphatic carbocycles. The van der Waals surface area contributed by atoms with Crippen molar-refractivity contribution in [2.45, 2.75) is 6.42 Å². The molecule has 4 heteroatoms. The van der Waals surface area contributed by atoms with Crippen LogP contribution in [0, 0.1) is 0 Å². The lowest BCUT2D eigenvalue weighted by molar-refractivity contribution is 0.248. The van der Waals surface area contributed by atoms with E-state index in [1.165, 1.54) is 0 Å². The average molecular weight is 273 g/mol. The van der Waals surface area contributed by atoms with Gasteiger partial charge in [-0.3, -0.25) is 0 Å². The van der Waals surface area contributed by atoms with Crippen LogP contribution in [-0.2, 0) is 0 Å². The van der Waals surface area contributed by atoms with E-state index in [4.69, 9.17) is 19.9 Å². The summed E-state index contributed by atoms with van der Waals surface area (Å²) in [5.41, 5.74) is 6.44. The molecular weight excluding hydrogens is 254 g/mol. The van der Waals surface area contributed by atoms with Crippen molar-refractivity contribution in [1.29, 1.82) is 0 Å². The van der Waals surface area contributed by atoms with Gasteiger partial charge in [0.1, 0.15) is 17.2 Å². The fourth-order valence-electron chi connectivity index (χ4n) is 1.73. The average Bonchev–Trinajstić information content (AvgIpc) is 2.49. The highest BCUT2D eigenvalue weighted by atomic mass is 16.5. The van der Waals surface area contributed by atoms with Crippen molar-refractivity contribution in [3.8, 4) is 17.2 Å². The zero-order chi connectivity index (χ0) is 14.2. The summed E-state index contributed by atoms with van der Waals surface area (Å²) >= 11 is 0. The standard InChI is InChI=1S/C16H19NO3/c1-18-14-8-9-16(15(17)12-14)20-11-5-10-19-13-6-3-2-4-7-13/h2-4,6-9,12H,5,10-11,17H2,1H3. The molecule has 106 valence electrons. The summed E-state index contributed by atoms with van der Waals surface area (Å²) in [6.07, 6.45) is 0.792. The van der Waals surface area contributed by atoms with Crippen LogP contribution in [0.2, 0.25) is 0 Å². The molecule has 2 aromatic carbocycles. The molecule has 0 aromatic heterocycles. The van der Waals surface area contributed by atoms with Gasteiger partial charge in [-0.15, -0.1) is 0 Å². The number of rotatable bonds is 7. The second-order valence-electron chi connectivity index (χ2n) is 4.27. The van der Waals surface area contributed by atoms with E-state index in [2.05, 4.69) is 0 Å². The Balaban J connectivity index is 1.71. The Labute approximate surface area is 119 Å². The molecule has 0 bridgehead atoms. The fourth-order valence-corrected chi connectivity index (χ4v) is 1.73. The van der Waals surface area contributed by atoms with Crippen molar-refractivity contribution in [3.63, 3.8) is 0 Å². The molecule has 0 aliphatic heterocycles. The monoisotopic (exact) mass is 273 g/mol. The Morgan fingerprint density at radius 2 is 1.65 bits per heavy atom. The molecule has 2 aromatic rings. The molecule has 0 atom stereocenters. The van der Waals surface area contributed by atoms with E-state index in [1.54, 1.807) is 13.2 Å². The number of methoxy groups -OCH3 is 1. The minimum absolute atomic E-state index is 0.559. The number of hydrogen-bond acceptors (Lipinski definition) is 4. The number of para-hydroxylation sites is 1. The van der Waals surface area contributed by atoms with Crippen molar-refractivity contribution < 1.29 is 14.2 Å². The van der Waals surface area contributed by atoms with Crippen molar-refractivity contribution in [1.82, 2.24) is 0 Å². The number of nitrogen functional groups attached to an aromatic ring is 1. The van der Waals surface area contributed by atoms with Crippen LogP contribution >= 0.6 is 0 Å². The molecule has 0 aliphatic rings. The van der Waals surface area contributed by atoms with Crippen molar-refractivity contribution in [2.24, 2.45) is 0 Å². The van der Waals surface area contributed by atoms with Crippen LogP contribution in [0.4, 0.5) is 5.69 Å². The van der Waals surface area contributed by atoms with Gasteiger partial charge in [-0.05, 0) is 24.3 Å². The maximum absolute atomic E-state index is 5.87. The van der Waals surface area contributed by atoms with Gasteiger partial charge in [0, 0.05) is 12.5 Å². The lowest BCUT2D eigenvalue weighted by atomic mass is 10.3. The predicted octanol–water partition coefficient (Wildman–Crippen LogP) is 3.13. The molecule has 0 radical (unpaired) electrons. The van der Waals surface area contributed by atoms with Gasteiger partial charge in [-0.2, -0.15) is 0 Å². The highest BCUT2D eigenvalue weighted by Crippen LogP contribution is 2.26. The minimum atomic E-state index is 0.559. The molecule has 4 nitrogen and oxygen atoms in total. The molecule has 0 fully saturated rings. The van der Waals surface area contributed by atoms with Crippen molar-refractivity contribution in [2.75, 3.05) is 26.1 Å². The SMILES string of the molecule is COc1ccc(OCCCOc2ccccc2)c(N)c1. The van der Waals surface area contributed by atoms with Crippen LogP contribution in [0.25, 0.3) is 0 Å². The number of ether oxygens (including phenoxy) is 3.